The normalized spacial score (nSPS) is 15.6. The predicted octanol–water partition coefficient (Wildman–Crippen LogP) is 11.6. The summed E-state index contributed by atoms with van der Waals surface area (Å²) in [7, 11) is 0. The minimum atomic E-state index is -8.05. The molecule has 0 saturated heterocycles. The van der Waals surface area contributed by atoms with Crippen molar-refractivity contribution in [2.75, 3.05) is 13.2 Å². The molecule has 1 N–H and O–H groups in total. The fourth-order valence-electron chi connectivity index (χ4n) is 4.48. The SMILES string of the molecule is O=C(CCCCCCC(F)(F)C(F)(F)C(F)(F)C(F)(F)C(F)(F)C(F)(F)F)OCC(CO)OC(=O)CCCCCCC(F)(F)C(F)(F)C(F)(F)C(F)(F)C(F)(F)C(F)(F)F. The van der Waals surface area contributed by atoms with Crippen molar-refractivity contribution >= 4 is 11.9 Å². The van der Waals surface area contributed by atoms with Gasteiger partial charge in [-0.15, -0.1) is 0 Å². The van der Waals surface area contributed by atoms with Crippen LogP contribution < -0.4 is 0 Å². The molecule has 60 heavy (non-hydrogen) atoms. The first-order chi connectivity index (χ1) is 26.4. The second kappa shape index (κ2) is 19.2. The lowest BCUT2D eigenvalue weighted by atomic mass is 9.91. The molecular weight excluding hydrogens is 922 g/mol. The van der Waals surface area contributed by atoms with Gasteiger partial charge in [-0.1, -0.05) is 25.7 Å². The zero-order valence-corrected chi connectivity index (χ0v) is 29.4. The number of hydrogen-bond donors (Lipinski definition) is 1. The Labute approximate surface area is 319 Å². The molecule has 1 atom stereocenters. The Morgan fingerprint density at radius 3 is 0.967 bits per heavy atom. The van der Waals surface area contributed by atoms with Crippen molar-refractivity contribution in [1.82, 2.24) is 0 Å². The van der Waals surface area contributed by atoms with Gasteiger partial charge in [0.2, 0.25) is 0 Å². The first-order valence-electron chi connectivity index (χ1n) is 16.3. The lowest BCUT2D eigenvalue weighted by Gasteiger charge is -2.39. The standard InChI is InChI=1S/C29H30F26O5/c30-18(31,20(34,35)22(38,39)24(42,43)26(46,47)28(50,51)52)11-7-3-1-5-9-16(57)59-14-15(13-56)60-17(58)10-6-2-4-8-12-19(32,33)21(36,37)23(40,41)25(44,45)27(48,49)29(53,54)55/h15,56H,1-14H2. The maximum absolute atomic E-state index is 13.8. The van der Waals surface area contributed by atoms with E-state index in [1.165, 1.54) is 0 Å². The highest BCUT2D eigenvalue weighted by atomic mass is 19.4. The van der Waals surface area contributed by atoms with E-state index in [9.17, 15) is 129 Å². The minimum absolute atomic E-state index is 0.386. The molecule has 358 valence electrons. The number of ether oxygens (including phenoxy) is 2. The van der Waals surface area contributed by atoms with E-state index >= 15 is 0 Å². The van der Waals surface area contributed by atoms with Crippen LogP contribution in [0.2, 0.25) is 0 Å². The summed E-state index contributed by atoms with van der Waals surface area (Å²) >= 11 is 0. The molecule has 0 aliphatic rings. The molecule has 0 radical (unpaired) electrons. The van der Waals surface area contributed by atoms with Gasteiger partial charge in [0.05, 0.1) is 6.61 Å². The molecule has 0 fully saturated rings. The van der Waals surface area contributed by atoms with Crippen LogP contribution in [0.25, 0.3) is 0 Å². The second-order valence-corrected chi connectivity index (χ2v) is 12.8. The minimum Gasteiger partial charge on any atom is -0.462 e. The van der Waals surface area contributed by atoms with E-state index in [-0.39, 0.29) is 6.42 Å². The number of aliphatic hydroxyl groups excluding tert-OH is 1. The van der Waals surface area contributed by atoms with Gasteiger partial charge in [-0.05, 0) is 25.7 Å². The number of aliphatic hydroxyl groups is 1. The molecule has 0 amide bonds. The van der Waals surface area contributed by atoms with Gasteiger partial charge >= 0.3 is 83.5 Å². The molecule has 0 bridgehead atoms. The van der Waals surface area contributed by atoms with Gasteiger partial charge in [-0.2, -0.15) is 114 Å². The molecule has 0 aliphatic carbocycles. The highest BCUT2D eigenvalue weighted by Gasteiger charge is 2.92. The highest BCUT2D eigenvalue weighted by Crippen LogP contribution is 2.62. The van der Waals surface area contributed by atoms with E-state index in [1.54, 1.807) is 0 Å². The van der Waals surface area contributed by atoms with Crippen molar-refractivity contribution in [1.29, 1.82) is 0 Å². The number of carbonyl (C=O) groups is 2. The summed E-state index contributed by atoms with van der Waals surface area (Å²) in [4.78, 5) is 23.7. The summed E-state index contributed by atoms with van der Waals surface area (Å²) in [6, 6.07) is 0. The summed E-state index contributed by atoms with van der Waals surface area (Å²) < 4.78 is 351. The Hall–Kier alpha value is -2.92. The Morgan fingerprint density at radius 1 is 0.383 bits per heavy atom. The first-order valence-corrected chi connectivity index (χ1v) is 16.3. The molecule has 0 aromatic heterocycles. The number of halogens is 26. The molecule has 1 unspecified atom stereocenters. The predicted molar refractivity (Wildman–Crippen MR) is 145 cm³/mol. The van der Waals surface area contributed by atoms with Crippen LogP contribution in [0.15, 0.2) is 0 Å². The van der Waals surface area contributed by atoms with Crippen LogP contribution in [0, 0.1) is 0 Å². The van der Waals surface area contributed by atoms with Crippen molar-refractivity contribution in [2.45, 2.75) is 155 Å². The maximum Gasteiger partial charge on any atom is 0.460 e. The van der Waals surface area contributed by atoms with Crippen LogP contribution in [0.5, 0.6) is 0 Å². The zero-order chi connectivity index (χ0) is 48.0. The Bertz CT molecular complexity index is 1390. The fraction of sp³-hybridized carbons (Fsp3) is 0.931. The number of carbonyl (C=O) groups excluding carboxylic acids is 2. The molecule has 0 aromatic carbocycles. The van der Waals surface area contributed by atoms with E-state index in [0.717, 1.165) is 0 Å². The van der Waals surface area contributed by atoms with Gasteiger partial charge in [-0.25, -0.2) is 0 Å². The number of esters is 2. The number of rotatable bonds is 26. The summed E-state index contributed by atoms with van der Waals surface area (Å²) in [6.45, 7) is -1.99. The van der Waals surface area contributed by atoms with Gasteiger partial charge < -0.3 is 14.6 Å². The third-order valence-electron chi connectivity index (χ3n) is 8.17. The number of unbranched alkanes of at least 4 members (excludes halogenated alkanes) is 6. The fourth-order valence-corrected chi connectivity index (χ4v) is 4.48. The molecule has 0 heterocycles. The van der Waals surface area contributed by atoms with E-state index in [0.29, 0.717) is 0 Å². The molecule has 0 aliphatic heterocycles. The largest absolute Gasteiger partial charge is 0.462 e. The Morgan fingerprint density at radius 2 is 0.667 bits per heavy atom. The average molecular weight is 953 g/mol. The van der Waals surface area contributed by atoms with Crippen molar-refractivity contribution in [2.24, 2.45) is 0 Å². The van der Waals surface area contributed by atoms with Crippen LogP contribution in [0.3, 0.4) is 0 Å². The van der Waals surface area contributed by atoms with Crippen molar-refractivity contribution in [3.05, 3.63) is 0 Å². The monoisotopic (exact) mass is 952 g/mol. The van der Waals surface area contributed by atoms with Crippen LogP contribution in [-0.4, -0.2) is 108 Å². The van der Waals surface area contributed by atoms with Gasteiger partial charge in [0.25, 0.3) is 0 Å². The Balaban J connectivity index is 4.81. The summed E-state index contributed by atoms with van der Waals surface area (Å²) in [5.74, 6) is -77.6. The zero-order valence-electron chi connectivity index (χ0n) is 29.4. The molecule has 0 aromatic rings. The maximum atomic E-state index is 13.8. The van der Waals surface area contributed by atoms with Gasteiger partial charge in [0.15, 0.2) is 6.10 Å². The number of alkyl halides is 26. The van der Waals surface area contributed by atoms with E-state index in [1.807, 2.05) is 0 Å². The van der Waals surface area contributed by atoms with E-state index < -0.39 is 173 Å². The van der Waals surface area contributed by atoms with Crippen LogP contribution in [-0.2, 0) is 19.1 Å². The van der Waals surface area contributed by atoms with Gasteiger partial charge in [0.1, 0.15) is 6.61 Å². The average Bonchev–Trinajstić information content (AvgIpc) is 3.07. The third-order valence-corrected chi connectivity index (χ3v) is 8.17. The van der Waals surface area contributed by atoms with Crippen molar-refractivity contribution in [3.63, 3.8) is 0 Å². The van der Waals surface area contributed by atoms with E-state index in [4.69, 9.17) is 0 Å². The molecule has 5 nitrogen and oxygen atoms in total. The molecule has 31 heteroatoms. The molecule has 0 saturated carbocycles. The topological polar surface area (TPSA) is 72.8 Å². The van der Waals surface area contributed by atoms with Crippen LogP contribution in [0.4, 0.5) is 114 Å². The van der Waals surface area contributed by atoms with E-state index in [2.05, 4.69) is 9.47 Å². The molecule has 0 spiro atoms. The second-order valence-electron chi connectivity index (χ2n) is 12.8. The summed E-state index contributed by atoms with van der Waals surface area (Å²) in [5.41, 5.74) is 0. The lowest BCUT2D eigenvalue weighted by Crippen LogP contribution is -2.70. The summed E-state index contributed by atoms with van der Waals surface area (Å²) in [5, 5.41) is 9.24. The van der Waals surface area contributed by atoms with Crippen LogP contribution >= 0.6 is 0 Å². The van der Waals surface area contributed by atoms with Crippen molar-refractivity contribution < 1.29 is 138 Å². The first kappa shape index (κ1) is 57.1. The molecule has 0 rings (SSSR count). The van der Waals surface area contributed by atoms with Crippen LogP contribution in [0.1, 0.15) is 77.0 Å². The van der Waals surface area contributed by atoms with Gasteiger partial charge in [0, 0.05) is 25.7 Å². The lowest BCUT2D eigenvalue weighted by molar-refractivity contribution is -0.440. The summed E-state index contributed by atoms with van der Waals surface area (Å²) in [6.07, 6.45) is -28.6. The highest BCUT2D eigenvalue weighted by molar-refractivity contribution is 5.70. The quantitative estimate of drug-likeness (QED) is 0.0531. The molecular formula is C29H30F26O5. The van der Waals surface area contributed by atoms with Crippen molar-refractivity contribution in [3.8, 4) is 0 Å². The smallest absolute Gasteiger partial charge is 0.460 e. The van der Waals surface area contributed by atoms with Gasteiger partial charge in [-0.3, -0.25) is 9.59 Å². The Kier molecular flexibility index (Phi) is 18.3. The number of hydrogen-bond acceptors (Lipinski definition) is 5. The third kappa shape index (κ3) is 11.6.